The minimum Gasteiger partial charge on any atom is -0.396 e. The lowest BCUT2D eigenvalue weighted by Gasteiger charge is -2.07. The van der Waals surface area contributed by atoms with Gasteiger partial charge in [-0.2, -0.15) is 0 Å². The number of aliphatic hydroxyl groups is 1. The van der Waals surface area contributed by atoms with Gasteiger partial charge >= 0.3 is 0 Å². The van der Waals surface area contributed by atoms with E-state index in [0.717, 1.165) is 5.39 Å². The van der Waals surface area contributed by atoms with Crippen LogP contribution in [0.3, 0.4) is 0 Å². The molecule has 2 aromatic heterocycles. The minimum absolute atomic E-state index is 0.0550. The summed E-state index contributed by atoms with van der Waals surface area (Å²) in [7, 11) is -3.80. The third-order valence-electron chi connectivity index (χ3n) is 4.45. The third-order valence-corrected chi connectivity index (χ3v) is 6.32. The largest absolute Gasteiger partial charge is 0.396 e. The topological polar surface area (TPSA) is 85.1 Å². The van der Waals surface area contributed by atoms with Gasteiger partial charge in [0.25, 0.3) is 10.0 Å². The Balaban J connectivity index is 2.01. The summed E-state index contributed by atoms with van der Waals surface area (Å²) < 4.78 is 27.7. The first-order chi connectivity index (χ1) is 13.5. The van der Waals surface area contributed by atoms with Crippen molar-refractivity contribution >= 4 is 32.5 Å². The van der Waals surface area contributed by atoms with Crippen LogP contribution in [0.2, 0.25) is 5.28 Å². The molecule has 0 aliphatic heterocycles. The van der Waals surface area contributed by atoms with Gasteiger partial charge in [-0.05, 0) is 41.8 Å². The van der Waals surface area contributed by atoms with Gasteiger partial charge in [0, 0.05) is 30.0 Å². The minimum atomic E-state index is -3.80. The molecule has 0 atom stereocenters. The zero-order valence-corrected chi connectivity index (χ0v) is 16.2. The van der Waals surface area contributed by atoms with E-state index < -0.39 is 10.0 Å². The van der Waals surface area contributed by atoms with Crippen LogP contribution in [-0.4, -0.2) is 34.1 Å². The van der Waals surface area contributed by atoms with Crippen LogP contribution in [0.5, 0.6) is 0 Å². The molecule has 0 spiro atoms. The van der Waals surface area contributed by atoms with Gasteiger partial charge in [-0.3, -0.25) is 0 Å². The van der Waals surface area contributed by atoms with Gasteiger partial charge in [0.15, 0.2) is 0 Å². The van der Waals surface area contributed by atoms with Gasteiger partial charge in [-0.25, -0.2) is 22.4 Å². The fraction of sp³-hybridized carbons (Fsp3) is 0.100. The smallest absolute Gasteiger partial charge is 0.268 e. The summed E-state index contributed by atoms with van der Waals surface area (Å²) in [5.74, 6) is 0. The molecule has 8 heteroatoms. The maximum Gasteiger partial charge on any atom is 0.268 e. The van der Waals surface area contributed by atoms with Crippen LogP contribution in [0.15, 0.2) is 71.9 Å². The Kier molecular flexibility index (Phi) is 4.89. The second kappa shape index (κ2) is 7.35. The first-order valence-corrected chi connectivity index (χ1v) is 10.4. The molecule has 2 aromatic carbocycles. The normalized spacial score (nSPS) is 11.8. The van der Waals surface area contributed by atoms with Crippen molar-refractivity contribution in [1.82, 2.24) is 13.9 Å². The number of halogens is 1. The molecule has 1 N–H and O–H groups in total. The molecule has 0 fully saturated rings. The summed E-state index contributed by atoms with van der Waals surface area (Å²) in [6.45, 7) is -0.0844. The standard InChI is InChI=1S/C20H16ClN3O3S/c21-20-22-12-14(10-11-25)19(23-20)17-13-24(18-9-5-4-8-16(17)18)28(26,27)15-6-2-1-3-7-15/h1-9,12-13,25H,10-11H2. The average Bonchev–Trinajstić information content (AvgIpc) is 3.10. The molecule has 0 radical (unpaired) electrons. The summed E-state index contributed by atoms with van der Waals surface area (Å²) in [5, 5.41) is 10.1. The van der Waals surface area contributed by atoms with E-state index in [1.165, 1.54) is 3.97 Å². The van der Waals surface area contributed by atoms with Crippen molar-refractivity contribution in [2.24, 2.45) is 0 Å². The summed E-state index contributed by atoms with van der Waals surface area (Å²) >= 11 is 6.00. The van der Waals surface area contributed by atoms with Crippen molar-refractivity contribution in [1.29, 1.82) is 0 Å². The summed E-state index contributed by atoms with van der Waals surface area (Å²) in [6.07, 6.45) is 3.43. The molecule has 4 rings (SSSR count). The number of fused-ring (bicyclic) bond motifs is 1. The van der Waals surface area contributed by atoms with Crippen LogP contribution in [0.4, 0.5) is 0 Å². The lowest BCUT2D eigenvalue weighted by atomic mass is 10.0. The summed E-state index contributed by atoms with van der Waals surface area (Å²) in [4.78, 5) is 8.49. The van der Waals surface area contributed by atoms with E-state index in [-0.39, 0.29) is 16.8 Å². The lowest BCUT2D eigenvalue weighted by molar-refractivity contribution is 0.299. The molecule has 0 bridgehead atoms. The molecule has 28 heavy (non-hydrogen) atoms. The van der Waals surface area contributed by atoms with E-state index >= 15 is 0 Å². The van der Waals surface area contributed by atoms with Crippen LogP contribution in [0.25, 0.3) is 22.2 Å². The SMILES string of the molecule is O=S(=O)(c1ccccc1)n1cc(-c2nc(Cl)ncc2CCO)c2ccccc21. The van der Waals surface area contributed by atoms with Crippen LogP contribution < -0.4 is 0 Å². The monoisotopic (exact) mass is 413 g/mol. The molecular weight excluding hydrogens is 398 g/mol. The number of aliphatic hydroxyl groups excluding tert-OH is 1. The maximum atomic E-state index is 13.2. The van der Waals surface area contributed by atoms with Crippen LogP contribution in [-0.2, 0) is 16.4 Å². The van der Waals surface area contributed by atoms with Gasteiger partial charge in [-0.1, -0.05) is 36.4 Å². The Morgan fingerprint density at radius 3 is 2.50 bits per heavy atom. The van der Waals surface area contributed by atoms with Crippen LogP contribution >= 0.6 is 11.6 Å². The number of aromatic nitrogens is 3. The number of hydrogen-bond donors (Lipinski definition) is 1. The van der Waals surface area contributed by atoms with E-state index in [4.69, 9.17) is 11.6 Å². The van der Waals surface area contributed by atoms with E-state index in [1.807, 2.05) is 12.1 Å². The van der Waals surface area contributed by atoms with Crippen LogP contribution in [0.1, 0.15) is 5.56 Å². The Morgan fingerprint density at radius 2 is 1.75 bits per heavy atom. The predicted octanol–water partition coefficient (Wildman–Crippen LogP) is 3.52. The summed E-state index contributed by atoms with van der Waals surface area (Å²) in [6, 6.07) is 15.4. The zero-order valence-electron chi connectivity index (χ0n) is 14.7. The average molecular weight is 414 g/mol. The molecule has 0 saturated carbocycles. The molecule has 142 valence electrons. The van der Waals surface area contributed by atoms with Crippen molar-refractivity contribution in [3.8, 4) is 11.3 Å². The first-order valence-electron chi connectivity index (χ1n) is 8.56. The number of benzene rings is 2. The van der Waals surface area contributed by atoms with E-state index in [0.29, 0.717) is 28.8 Å². The van der Waals surface area contributed by atoms with Gasteiger partial charge in [0.05, 0.1) is 16.1 Å². The fourth-order valence-electron chi connectivity index (χ4n) is 3.17. The summed E-state index contributed by atoms with van der Waals surface area (Å²) in [5.41, 5.74) is 2.34. The van der Waals surface area contributed by atoms with E-state index in [2.05, 4.69) is 9.97 Å². The second-order valence-corrected chi connectivity index (χ2v) is 8.31. The molecule has 0 aliphatic rings. The number of hydrogen-bond acceptors (Lipinski definition) is 5. The van der Waals surface area contributed by atoms with Crippen molar-refractivity contribution in [3.05, 3.63) is 77.8 Å². The number of rotatable bonds is 5. The highest BCUT2D eigenvalue weighted by atomic mass is 35.5. The number of para-hydroxylation sites is 1. The van der Waals surface area contributed by atoms with Gasteiger partial charge in [0.2, 0.25) is 5.28 Å². The van der Waals surface area contributed by atoms with Crippen molar-refractivity contribution in [2.45, 2.75) is 11.3 Å². The van der Waals surface area contributed by atoms with E-state index in [1.54, 1.807) is 54.9 Å². The van der Waals surface area contributed by atoms with E-state index in [9.17, 15) is 13.5 Å². The first kappa shape index (κ1) is 18.6. The van der Waals surface area contributed by atoms with Gasteiger partial charge in [0.1, 0.15) is 0 Å². The highest BCUT2D eigenvalue weighted by Gasteiger charge is 2.23. The molecule has 0 aliphatic carbocycles. The Labute approximate surface area is 167 Å². The molecule has 6 nitrogen and oxygen atoms in total. The number of nitrogens with zero attached hydrogens (tertiary/aromatic N) is 3. The highest BCUT2D eigenvalue weighted by Crippen LogP contribution is 2.34. The van der Waals surface area contributed by atoms with Crippen molar-refractivity contribution in [2.75, 3.05) is 6.61 Å². The predicted molar refractivity (Wildman–Crippen MR) is 108 cm³/mol. The van der Waals surface area contributed by atoms with Gasteiger partial charge in [-0.15, -0.1) is 0 Å². The third kappa shape index (κ3) is 3.17. The zero-order chi connectivity index (χ0) is 19.7. The lowest BCUT2D eigenvalue weighted by Crippen LogP contribution is -2.11. The molecule has 4 aromatic rings. The Bertz CT molecular complexity index is 1250. The second-order valence-electron chi connectivity index (χ2n) is 6.16. The highest BCUT2D eigenvalue weighted by molar-refractivity contribution is 7.90. The Morgan fingerprint density at radius 1 is 1.04 bits per heavy atom. The molecule has 2 heterocycles. The quantitative estimate of drug-likeness (QED) is 0.506. The maximum absolute atomic E-state index is 13.2. The Hall–Kier alpha value is -2.74. The van der Waals surface area contributed by atoms with Crippen molar-refractivity contribution < 1.29 is 13.5 Å². The molecule has 0 unspecified atom stereocenters. The van der Waals surface area contributed by atoms with Crippen molar-refractivity contribution in [3.63, 3.8) is 0 Å². The molecule has 0 saturated heterocycles. The van der Waals surface area contributed by atoms with Gasteiger partial charge < -0.3 is 5.11 Å². The molecular formula is C20H16ClN3O3S. The molecule has 0 amide bonds. The van der Waals surface area contributed by atoms with Crippen LogP contribution in [0, 0.1) is 0 Å². The fourth-order valence-corrected chi connectivity index (χ4v) is 4.69.